The van der Waals surface area contributed by atoms with Crippen LogP contribution in [0.4, 0.5) is 0 Å². The molecule has 40 heavy (non-hydrogen) atoms. The number of aryl methyl sites for hydroxylation is 1. The molecular formula is C24H37Cl2N5O7S2. The van der Waals surface area contributed by atoms with Crippen molar-refractivity contribution < 1.29 is 30.6 Å². The molecule has 0 aliphatic carbocycles. The highest BCUT2D eigenvalue weighted by molar-refractivity contribution is 7.91. The Balaban J connectivity index is 0.00000400. The van der Waals surface area contributed by atoms with Crippen LogP contribution in [0.5, 0.6) is 11.5 Å². The number of halogens is 2. The highest BCUT2D eigenvalue weighted by Crippen LogP contribution is 2.31. The fraction of sp³-hybridized carbons (Fsp3) is 0.458. The van der Waals surface area contributed by atoms with Crippen molar-refractivity contribution in [1.29, 1.82) is 5.41 Å². The zero-order valence-electron chi connectivity index (χ0n) is 22.5. The van der Waals surface area contributed by atoms with Crippen LogP contribution in [-0.2, 0) is 25.0 Å². The Morgan fingerprint density at radius 1 is 1.05 bits per heavy atom. The molecule has 0 atom stereocenters. The molecule has 1 aliphatic heterocycles. The lowest BCUT2D eigenvalue weighted by Crippen LogP contribution is -2.44. The highest BCUT2D eigenvalue weighted by Gasteiger charge is 2.35. The van der Waals surface area contributed by atoms with Crippen molar-refractivity contribution >= 4 is 50.9 Å². The van der Waals surface area contributed by atoms with E-state index in [9.17, 15) is 16.8 Å². The maximum absolute atomic E-state index is 13.5. The highest BCUT2D eigenvalue weighted by atomic mass is 35.5. The minimum atomic E-state index is -4.50. The number of benzene rings is 2. The van der Waals surface area contributed by atoms with Crippen molar-refractivity contribution in [2.45, 2.75) is 42.0 Å². The molecule has 0 bridgehead atoms. The molecule has 0 unspecified atom stereocenters. The average molecular weight is 643 g/mol. The van der Waals surface area contributed by atoms with E-state index in [4.69, 9.17) is 24.9 Å². The van der Waals surface area contributed by atoms with Gasteiger partial charge in [-0.3, -0.25) is 10.2 Å². The lowest BCUT2D eigenvalue weighted by Gasteiger charge is -2.34. The standard InChI is InChI=1S/C24H35N5O7S2.2ClH/c1-18-15-20(34-13-6-14-35-27-24(25)26)17-21(16-18)36-38(32,33)23-8-5-4-7-22(23)37(30,31)29(3)19-9-11-28(2)12-10-19;;/h4-5,7-8,15-17,19H,6,9-14H2,1-3H3,(H4,25,26,27);2*1H. The molecule has 0 aromatic heterocycles. The third-order valence-corrected chi connectivity index (χ3v) is 9.45. The van der Waals surface area contributed by atoms with Gasteiger partial charge in [-0.1, -0.05) is 12.1 Å². The number of rotatable bonds is 12. The van der Waals surface area contributed by atoms with Crippen LogP contribution in [0.15, 0.2) is 52.3 Å². The maximum atomic E-state index is 13.5. The van der Waals surface area contributed by atoms with E-state index >= 15 is 0 Å². The first-order valence-electron chi connectivity index (χ1n) is 12.1. The molecule has 0 spiro atoms. The van der Waals surface area contributed by atoms with Gasteiger partial charge in [-0.15, -0.1) is 24.8 Å². The van der Waals surface area contributed by atoms with Crippen molar-refractivity contribution in [2.24, 2.45) is 5.73 Å². The summed E-state index contributed by atoms with van der Waals surface area (Å²) in [4.78, 5) is 6.32. The van der Waals surface area contributed by atoms with Gasteiger partial charge >= 0.3 is 10.1 Å². The van der Waals surface area contributed by atoms with Crippen LogP contribution in [0.3, 0.4) is 0 Å². The predicted molar refractivity (Wildman–Crippen MR) is 157 cm³/mol. The summed E-state index contributed by atoms with van der Waals surface area (Å²) in [5.41, 5.74) is 8.03. The molecule has 226 valence electrons. The van der Waals surface area contributed by atoms with Gasteiger partial charge in [0.05, 0.1) is 13.2 Å². The third kappa shape index (κ3) is 9.65. The van der Waals surface area contributed by atoms with E-state index in [-0.39, 0.29) is 60.7 Å². The molecular weight excluding hydrogens is 605 g/mol. The second-order valence-corrected chi connectivity index (χ2v) is 12.6. The third-order valence-electron chi connectivity index (χ3n) is 6.05. The smallest absolute Gasteiger partial charge is 0.340 e. The number of hydrogen-bond acceptors (Lipinski definition) is 9. The number of nitrogens with one attached hydrogen (secondary N) is 2. The van der Waals surface area contributed by atoms with Crippen molar-refractivity contribution in [3.05, 3.63) is 48.0 Å². The zero-order chi connectivity index (χ0) is 27.9. The predicted octanol–water partition coefficient (Wildman–Crippen LogP) is 2.50. The number of nitrogens with two attached hydrogens (primary N) is 1. The molecule has 4 N–H and O–H groups in total. The Kier molecular flexibility index (Phi) is 13.9. The molecule has 0 radical (unpaired) electrons. The summed E-state index contributed by atoms with van der Waals surface area (Å²) in [6.07, 6.45) is 1.78. The van der Waals surface area contributed by atoms with Crippen LogP contribution in [0.25, 0.3) is 0 Å². The van der Waals surface area contributed by atoms with Gasteiger partial charge in [0.15, 0.2) is 0 Å². The number of ether oxygens (including phenoxy) is 1. The van der Waals surface area contributed by atoms with Gasteiger partial charge in [0, 0.05) is 25.6 Å². The molecule has 1 heterocycles. The lowest BCUT2D eigenvalue weighted by molar-refractivity contribution is 0.0733. The molecule has 0 amide bonds. The number of hydroxylamine groups is 1. The molecule has 12 nitrogen and oxygen atoms in total. The summed E-state index contributed by atoms with van der Waals surface area (Å²) in [6.45, 7) is 3.75. The van der Waals surface area contributed by atoms with Gasteiger partial charge in [0.2, 0.25) is 16.0 Å². The summed E-state index contributed by atoms with van der Waals surface area (Å²) in [5.74, 6) is 0.0541. The van der Waals surface area contributed by atoms with Crippen LogP contribution in [0.1, 0.15) is 24.8 Å². The normalized spacial score (nSPS) is 14.6. The number of nitrogens with zero attached hydrogens (tertiary/aromatic N) is 2. The zero-order valence-corrected chi connectivity index (χ0v) is 25.8. The fourth-order valence-electron chi connectivity index (χ4n) is 4.05. The van der Waals surface area contributed by atoms with Crippen LogP contribution >= 0.6 is 24.8 Å². The van der Waals surface area contributed by atoms with E-state index in [2.05, 4.69) is 10.4 Å². The number of guanidine groups is 1. The molecule has 1 fully saturated rings. The Labute approximate surface area is 248 Å². The summed E-state index contributed by atoms with van der Waals surface area (Å²) in [7, 11) is -5.15. The number of sulfonamides is 1. The number of piperidine rings is 1. The summed E-state index contributed by atoms with van der Waals surface area (Å²) in [5, 5.41) is 7.02. The molecule has 0 saturated carbocycles. The first kappa shape index (κ1) is 35.7. The fourth-order valence-corrected chi connectivity index (χ4v) is 7.15. The van der Waals surface area contributed by atoms with E-state index in [0.717, 1.165) is 13.1 Å². The largest absolute Gasteiger partial charge is 0.493 e. The van der Waals surface area contributed by atoms with E-state index < -0.39 is 25.0 Å². The molecule has 1 saturated heterocycles. The van der Waals surface area contributed by atoms with Gasteiger partial charge in [-0.25, -0.2) is 13.9 Å². The summed E-state index contributed by atoms with van der Waals surface area (Å²) in [6, 6.07) is 9.88. The SMILES string of the molecule is Cc1cc(OCCCONC(=N)N)cc(OS(=O)(=O)c2ccccc2S(=O)(=O)N(C)C2CCN(C)CC2)c1.Cl.Cl. The van der Waals surface area contributed by atoms with E-state index in [1.165, 1.54) is 47.8 Å². The van der Waals surface area contributed by atoms with Gasteiger partial charge in [-0.2, -0.15) is 12.7 Å². The summed E-state index contributed by atoms with van der Waals surface area (Å²) < 4.78 is 66.0. The number of hydrogen-bond donors (Lipinski definition) is 3. The van der Waals surface area contributed by atoms with E-state index in [0.29, 0.717) is 30.6 Å². The van der Waals surface area contributed by atoms with Crippen LogP contribution in [0, 0.1) is 12.3 Å². The second-order valence-electron chi connectivity index (χ2n) is 9.09. The van der Waals surface area contributed by atoms with Crippen molar-refractivity contribution in [3.63, 3.8) is 0 Å². The first-order valence-corrected chi connectivity index (χ1v) is 14.9. The Bertz CT molecular complexity index is 1340. The average Bonchev–Trinajstić information content (AvgIpc) is 2.85. The van der Waals surface area contributed by atoms with Crippen molar-refractivity contribution in [3.8, 4) is 11.5 Å². The molecule has 3 rings (SSSR count). The molecule has 1 aliphatic rings. The minimum Gasteiger partial charge on any atom is -0.493 e. The Morgan fingerprint density at radius 2 is 1.65 bits per heavy atom. The minimum absolute atomic E-state index is 0. The Hall–Kier alpha value is -2.33. The second kappa shape index (κ2) is 15.6. The van der Waals surface area contributed by atoms with Gasteiger partial charge in [0.25, 0.3) is 0 Å². The Morgan fingerprint density at radius 3 is 2.27 bits per heavy atom. The van der Waals surface area contributed by atoms with Crippen molar-refractivity contribution in [1.82, 2.24) is 14.7 Å². The quantitative estimate of drug-likeness (QED) is 0.103. The van der Waals surface area contributed by atoms with E-state index in [1.807, 2.05) is 7.05 Å². The van der Waals surface area contributed by atoms with Crippen molar-refractivity contribution in [2.75, 3.05) is 40.4 Å². The maximum Gasteiger partial charge on any atom is 0.340 e. The monoisotopic (exact) mass is 641 g/mol. The van der Waals surface area contributed by atoms with Crippen LogP contribution < -0.4 is 20.1 Å². The van der Waals surface area contributed by atoms with Gasteiger partial charge in [-0.05, 0) is 69.7 Å². The first-order chi connectivity index (χ1) is 17.9. The molecule has 16 heteroatoms. The number of likely N-dealkylation sites (tertiary alicyclic amines) is 1. The lowest BCUT2D eigenvalue weighted by atomic mass is 10.1. The van der Waals surface area contributed by atoms with Gasteiger partial charge < -0.3 is 19.6 Å². The van der Waals surface area contributed by atoms with Crippen LogP contribution in [-0.4, -0.2) is 78.4 Å². The topological polar surface area (TPSA) is 164 Å². The molecule has 2 aromatic rings. The summed E-state index contributed by atoms with van der Waals surface area (Å²) >= 11 is 0. The molecule has 2 aromatic carbocycles. The van der Waals surface area contributed by atoms with Gasteiger partial charge in [0.1, 0.15) is 21.3 Å². The van der Waals surface area contributed by atoms with Crippen LogP contribution in [0.2, 0.25) is 0 Å². The van der Waals surface area contributed by atoms with E-state index in [1.54, 1.807) is 13.0 Å².